The van der Waals surface area contributed by atoms with E-state index < -0.39 is 0 Å². The van der Waals surface area contributed by atoms with E-state index in [1.165, 1.54) is 5.56 Å². The molecule has 1 aromatic rings. The Hall–Kier alpha value is -1.31. The number of aromatic amines is 1. The molecule has 110 valence electrons. The fourth-order valence-electron chi connectivity index (χ4n) is 2.24. The number of aromatic nitrogens is 1. The van der Waals surface area contributed by atoms with Gasteiger partial charge in [-0.2, -0.15) is 0 Å². The maximum atomic E-state index is 11.9. The van der Waals surface area contributed by atoms with Crippen molar-refractivity contribution in [2.45, 2.75) is 40.8 Å². The van der Waals surface area contributed by atoms with Crippen molar-refractivity contribution in [1.29, 1.82) is 0 Å². The predicted molar refractivity (Wildman–Crippen MR) is 90.9 cm³/mol. The van der Waals surface area contributed by atoms with Crippen molar-refractivity contribution >= 4 is 26.5 Å². The number of nitrogens with zero attached hydrogens (tertiary/aromatic N) is 1. The Bertz CT molecular complexity index is 637. The van der Waals surface area contributed by atoms with Gasteiger partial charge in [0.05, 0.1) is 5.35 Å². The van der Waals surface area contributed by atoms with Crippen LogP contribution in [-0.4, -0.2) is 16.9 Å². The second-order valence-electron chi connectivity index (χ2n) is 4.19. The summed E-state index contributed by atoms with van der Waals surface area (Å²) in [6.07, 6.45) is 10.1. The number of terminal acetylenes is 1. The number of fused-ring (bicyclic) bond motifs is 1. The molecule has 2 rings (SSSR count). The molecule has 20 heavy (non-hydrogen) atoms. The fraction of sp³-hybridized carbons (Fsp3) is 0.438. The molecule has 0 bridgehead atoms. The van der Waals surface area contributed by atoms with Gasteiger partial charge in [0, 0.05) is 23.1 Å². The summed E-state index contributed by atoms with van der Waals surface area (Å²) in [5, 5.41) is 2.05. The van der Waals surface area contributed by atoms with Crippen LogP contribution < -0.4 is 16.1 Å². The molecule has 3 nitrogen and oxygen atoms in total. The van der Waals surface area contributed by atoms with E-state index in [1.54, 1.807) is 0 Å². The number of hydrogen-bond donors (Lipinski definition) is 1. The molecule has 0 atom stereocenters. The van der Waals surface area contributed by atoms with E-state index >= 15 is 0 Å². The van der Waals surface area contributed by atoms with Crippen LogP contribution in [-0.2, 0) is 13.1 Å². The van der Waals surface area contributed by atoms with Crippen molar-refractivity contribution in [2.75, 3.05) is 7.05 Å². The average Bonchev–Trinajstić information content (AvgIpc) is 2.85. The lowest BCUT2D eigenvalue weighted by atomic mass is 10.1. The molecule has 1 aliphatic rings. The first kappa shape index (κ1) is 18.7. The molecule has 0 spiro atoms. The lowest BCUT2D eigenvalue weighted by molar-refractivity contribution is 0.352. The maximum absolute atomic E-state index is 11.9. The summed E-state index contributed by atoms with van der Waals surface area (Å²) in [4.78, 5) is 17.0. The van der Waals surface area contributed by atoms with Crippen molar-refractivity contribution in [3.63, 3.8) is 0 Å². The van der Waals surface area contributed by atoms with Crippen LogP contribution in [0.25, 0.3) is 10.6 Å². The van der Waals surface area contributed by atoms with E-state index in [2.05, 4.69) is 44.7 Å². The van der Waals surface area contributed by atoms with Crippen LogP contribution in [0.2, 0.25) is 0 Å². The van der Waals surface area contributed by atoms with Crippen LogP contribution in [0.1, 0.15) is 38.8 Å². The number of rotatable bonds is 0. The van der Waals surface area contributed by atoms with Gasteiger partial charge in [0.15, 0.2) is 0 Å². The van der Waals surface area contributed by atoms with Crippen LogP contribution in [0, 0.1) is 12.8 Å². The molecule has 0 aromatic carbocycles. The number of halogens is 1. The van der Waals surface area contributed by atoms with Crippen LogP contribution >= 0.6 is 15.9 Å². The highest BCUT2D eigenvalue weighted by Gasteiger charge is 2.20. The number of hydrogen-bond acceptors (Lipinski definition) is 2. The Kier molecular flexibility index (Phi) is 8.21. The number of pyridine rings is 1. The summed E-state index contributed by atoms with van der Waals surface area (Å²) in [7, 11) is 2.03. The molecule has 0 fully saturated rings. The average molecular weight is 339 g/mol. The van der Waals surface area contributed by atoms with Gasteiger partial charge in [-0.05, 0) is 31.7 Å². The first-order valence-electron chi connectivity index (χ1n) is 6.63. The van der Waals surface area contributed by atoms with Gasteiger partial charge in [-0.3, -0.25) is 9.69 Å². The van der Waals surface area contributed by atoms with Crippen molar-refractivity contribution in [3.05, 3.63) is 32.0 Å². The third-order valence-electron chi connectivity index (χ3n) is 2.96. The fourth-order valence-corrected chi connectivity index (χ4v) is 2.55. The summed E-state index contributed by atoms with van der Waals surface area (Å²) < 4.78 is 0.968. The van der Waals surface area contributed by atoms with Crippen LogP contribution in [0.5, 0.6) is 0 Å². The van der Waals surface area contributed by atoms with Crippen LogP contribution in [0.15, 0.2) is 4.79 Å². The first-order chi connectivity index (χ1) is 9.54. The second kappa shape index (κ2) is 8.78. The predicted octanol–water partition coefficient (Wildman–Crippen LogP) is 1.92. The maximum Gasteiger partial charge on any atom is 0.253 e. The Balaban J connectivity index is 0.000000829. The van der Waals surface area contributed by atoms with E-state index in [0.29, 0.717) is 0 Å². The lowest BCUT2D eigenvalue weighted by Gasteiger charge is -2.03. The minimum absolute atomic E-state index is 0.0405. The van der Waals surface area contributed by atoms with Crippen LogP contribution in [0.4, 0.5) is 0 Å². The molecule has 0 amide bonds. The smallest absolute Gasteiger partial charge is 0.253 e. The van der Waals surface area contributed by atoms with Gasteiger partial charge >= 0.3 is 0 Å². The monoisotopic (exact) mass is 338 g/mol. The van der Waals surface area contributed by atoms with Gasteiger partial charge < -0.3 is 4.98 Å². The van der Waals surface area contributed by atoms with Crippen molar-refractivity contribution in [2.24, 2.45) is 0 Å². The molecule has 1 aromatic heterocycles. The molecule has 0 radical (unpaired) electrons. The summed E-state index contributed by atoms with van der Waals surface area (Å²) in [5.41, 5.74) is 2.12. The highest BCUT2D eigenvalue weighted by atomic mass is 79.9. The van der Waals surface area contributed by atoms with E-state index in [0.717, 1.165) is 33.7 Å². The molecule has 0 saturated carbocycles. The van der Waals surface area contributed by atoms with E-state index in [4.69, 9.17) is 0 Å². The van der Waals surface area contributed by atoms with Crippen molar-refractivity contribution in [3.8, 4) is 12.8 Å². The van der Waals surface area contributed by atoms with Gasteiger partial charge in [0.25, 0.3) is 5.56 Å². The third-order valence-corrected chi connectivity index (χ3v) is 3.36. The molecular weight excluding hydrogens is 316 g/mol. The molecule has 0 unspecified atom stereocenters. The quantitative estimate of drug-likeness (QED) is 0.733. The molecule has 1 aliphatic heterocycles. The SMILES string of the molecule is C#C.C/C=c1/c2c(c(=O)[nH]/c1=C(/C)Br)CN(C)C2.CC. The molecule has 4 heteroatoms. The van der Waals surface area contributed by atoms with E-state index in [1.807, 2.05) is 34.7 Å². The van der Waals surface area contributed by atoms with Crippen molar-refractivity contribution in [1.82, 2.24) is 9.88 Å². The Morgan fingerprint density at radius 1 is 1.30 bits per heavy atom. The summed E-state index contributed by atoms with van der Waals surface area (Å²) >= 11 is 3.44. The Labute approximate surface area is 129 Å². The summed E-state index contributed by atoms with van der Waals surface area (Å²) in [6.45, 7) is 9.55. The third kappa shape index (κ3) is 3.84. The first-order valence-corrected chi connectivity index (χ1v) is 7.42. The summed E-state index contributed by atoms with van der Waals surface area (Å²) in [6, 6.07) is 0. The molecule has 2 heterocycles. The van der Waals surface area contributed by atoms with Gasteiger partial charge in [-0.15, -0.1) is 12.8 Å². The van der Waals surface area contributed by atoms with Gasteiger partial charge in [-0.1, -0.05) is 35.9 Å². The van der Waals surface area contributed by atoms with Gasteiger partial charge in [-0.25, -0.2) is 0 Å². The minimum Gasteiger partial charge on any atom is -0.321 e. The summed E-state index contributed by atoms with van der Waals surface area (Å²) in [5.74, 6) is 0. The zero-order valence-corrected chi connectivity index (χ0v) is 14.5. The zero-order chi connectivity index (χ0) is 15.9. The molecule has 1 N–H and O–H groups in total. The standard InChI is InChI=1S/C12H15BrN2O.C2H6.C2H2/c1-4-8-9-5-15(3)6-10(9)12(16)14-11(8)7(2)13;2*1-2/h4H,5-6H2,1-3H3,(H,14,16);1-2H3;1-2H/b8-4-,11-7-;;. The number of nitrogens with one attached hydrogen (secondary N) is 1. The van der Waals surface area contributed by atoms with E-state index in [-0.39, 0.29) is 5.56 Å². The van der Waals surface area contributed by atoms with Crippen molar-refractivity contribution < 1.29 is 0 Å². The molecule has 0 saturated heterocycles. The zero-order valence-electron chi connectivity index (χ0n) is 12.9. The highest BCUT2D eigenvalue weighted by Crippen LogP contribution is 2.12. The van der Waals surface area contributed by atoms with Gasteiger partial charge in [0.1, 0.15) is 0 Å². The van der Waals surface area contributed by atoms with Gasteiger partial charge in [0.2, 0.25) is 0 Å². The topological polar surface area (TPSA) is 36.1 Å². The van der Waals surface area contributed by atoms with E-state index in [9.17, 15) is 4.79 Å². The largest absolute Gasteiger partial charge is 0.321 e. The normalized spacial score (nSPS) is 15.5. The highest BCUT2D eigenvalue weighted by molar-refractivity contribution is 9.14. The lowest BCUT2D eigenvalue weighted by Crippen LogP contribution is -2.39. The molecular formula is C16H23BrN2O. The Morgan fingerprint density at radius 3 is 2.25 bits per heavy atom. The van der Waals surface area contributed by atoms with Crippen LogP contribution in [0.3, 0.4) is 0 Å². The Morgan fingerprint density at radius 2 is 1.80 bits per heavy atom. The number of H-pyrrole nitrogens is 1. The molecule has 0 aliphatic carbocycles. The minimum atomic E-state index is 0.0405. The second-order valence-corrected chi connectivity index (χ2v) is 5.38.